The summed E-state index contributed by atoms with van der Waals surface area (Å²) in [5.41, 5.74) is 1.96. The van der Waals surface area contributed by atoms with Crippen molar-refractivity contribution >= 4 is 45.9 Å². The molecule has 2 aromatic heterocycles. The summed E-state index contributed by atoms with van der Waals surface area (Å²) in [5, 5.41) is 11.6. The quantitative estimate of drug-likeness (QED) is 0.683. The summed E-state index contributed by atoms with van der Waals surface area (Å²) in [6.07, 6.45) is 4.69. The van der Waals surface area contributed by atoms with Gasteiger partial charge in [0.25, 0.3) is 11.1 Å². The standard InChI is InChI=1S/C18H10N2O5S/c21-16-14(26-18(24)20-16)6-12-5-11-7-19-8-13(15(11)25-12)9-2-1-3-10(4-9)17(22)23/h1-8H,(H,22,23)(H,20,21,24)/b14-6+. The van der Waals surface area contributed by atoms with Crippen molar-refractivity contribution in [3.63, 3.8) is 0 Å². The molecular formula is C18H10N2O5S. The molecule has 0 bridgehead atoms. The number of nitrogens with one attached hydrogen (secondary N) is 1. The van der Waals surface area contributed by atoms with Gasteiger partial charge in [-0.25, -0.2) is 4.79 Å². The first-order valence-corrected chi connectivity index (χ1v) is 8.29. The van der Waals surface area contributed by atoms with Crippen molar-refractivity contribution < 1.29 is 23.9 Å². The number of hydrogen-bond donors (Lipinski definition) is 2. The first-order valence-electron chi connectivity index (χ1n) is 7.47. The van der Waals surface area contributed by atoms with Crippen LogP contribution in [0.2, 0.25) is 0 Å². The third kappa shape index (κ3) is 2.86. The van der Waals surface area contributed by atoms with Crippen LogP contribution in [-0.2, 0) is 4.79 Å². The zero-order valence-electron chi connectivity index (χ0n) is 13.1. The van der Waals surface area contributed by atoms with Crippen LogP contribution in [0.3, 0.4) is 0 Å². The highest BCUT2D eigenvalue weighted by atomic mass is 32.2. The summed E-state index contributed by atoms with van der Waals surface area (Å²) >= 11 is 0.805. The van der Waals surface area contributed by atoms with E-state index < -0.39 is 17.1 Å². The number of aromatic nitrogens is 1. The fraction of sp³-hybridized carbons (Fsp3) is 0. The summed E-state index contributed by atoms with van der Waals surface area (Å²) in [6, 6.07) is 8.16. The Bertz CT molecular complexity index is 1120. The second-order valence-electron chi connectivity index (χ2n) is 5.49. The molecule has 0 saturated carbocycles. The minimum absolute atomic E-state index is 0.158. The number of nitrogens with zero attached hydrogens (tertiary/aromatic N) is 1. The zero-order chi connectivity index (χ0) is 18.3. The number of imide groups is 1. The van der Waals surface area contributed by atoms with Gasteiger partial charge in [0, 0.05) is 29.4 Å². The van der Waals surface area contributed by atoms with E-state index in [2.05, 4.69) is 10.3 Å². The highest BCUT2D eigenvalue weighted by Gasteiger charge is 2.25. The number of amides is 2. The molecule has 1 aliphatic rings. The minimum atomic E-state index is -1.02. The number of hydrogen-bond acceptors (Lipinski definition) is 6. The van der Waals surface area contributed by atoms with Gasteiger partial charge in [0.1, 0.15) is 11.3 Å². The van der Waals surface area contributed by atoms with E-state index in [0.717, 1.165) is 11.8 Å². The molecule has 8 heteroatoms. The third-order valence-electron chi connectivity index (χ3n) is 3.78. The number of fused-ring (bicyclic) bond motifs is 1. The van der Waals surface area contributed by atoms with E-state index in [1.165, 1.54) is 12.1 Å². The Morgan fingerprint density at radius 1 is 1.23 bits per heavy atom. The molecule has 1 aromatic carbocycles. The van der Waals surface area contributed by atoms with E-state index in [9.17, 15) is 14.4 Å². The predicted octanol–water partition coefficient (Wildman–Crippen LogP) is 3.52. The van der Waals surface area contributed by atoms with E-state index in [0.29, 0.717) is 27.9 Å². The molecule has 26 heavy (non-hydrogen) atoms. The molecule has 1 fully saturated rings. The van der Waals surface area contributed by atoms with Crippen LogP contribution in [0, 0.1) is 0 Å². The summed E-state index contributed by atoms with van der Waals surface area (Å²) < 4.78 is 5.83. The summed E-state index contributed by atoms with van der Waals surface area (Å²) in [6.45, 7) is 0. The zero-order valence-corrected chi connectivity index (χ0v) is 13.9. The average molecular weight is 366 g/mol. The predicted molar refractivity (Wildman–Crippen MR) is 95.5 cm³/mol. The van der Waals surface area contributed by atoms with Crippen molar-refractivity contribution in [2.24, 2.45) is 0 Å². The van der Waals surface area contributed by atoms with Crippen LogP contribution in [0.15, 0.2) is 52.0 Å². The lowest BCUT2D eigenvalue weighted by molar-refractivity contribution is -0.115. The summed E-state index contributed by atoms with van der Waals surface area (Å²) in [5.74, 6) is -1.09. The molecule has 0 aliphatic carbocycles. The van der Waals surface area contributed by atoms with E-state index in [-0.39, 0.29) is 10.5 Å². The largest absolute Gasteiger partial charge is 0.478 e. The van der Waals surface area contributed by atoms with Gasteiger partial charge in [0.15, 0.2) is 0 Å². The first-order chi connectivity index (χ1) is 12.5. The van der Waals surface area contributed by atoms with Crippen molar-refractivity contribution in [3.8, 4) is 11.1 Å². The smallest absolute Gasteiger partial charge is 0.335 e. The number of pyridine rings is 1. The molecular weight excluding hydrogens is 356 g/mol. The van der Waals surface area contributed by atoms with Crippen molar-refractivity contribution in [1.29, 1.82) is 0 Å². The number of carbonyl (C=O) groups is 3. The molecule has 3 aromatic rings. The Labute approximate surface area is 150 Å². The number of aromatic carboxylic acids is 1. The average Bonchev–Trinajstić information content (AvgIpc) is 3.17. The van der Waals surface area contributed by atoms with E-state index >= 15 is 0 Å². The van der Waals surface area contributed by atoms with Gasteiger partial charge >= 0.3 is 5.97 Å². The molecule has 3 heterocycles. The molecule has 4 rings (SSSR count). The number of benzene rings is 1. The van der Waals surface area contributed by atoms with Crippen molar-refractivity contribution in [3.05, 3.63) is 59.0 Å². The highest BCUT2D eigenvalue weighted by molar-refractivity contribution is 8.18. The Morgan fingerprint density at radius 3 is 2.81 bits per heavy atom. The maximum atomic E-state index is 11.7. The van der Waals surface area contributed by atoms with Crippen LogP contribution >= 0.6 is 11.8 Å². The van der Waals surface area contributed by atoms with E-state index in [1.54, 1.807) is 36.7 Å². The van der Waals surface area contributed by atoms with Gasteiger partial charge in [-0.2, -0.15) is 0 Å². The Balaban J connectivity index is 1.81. The van der Waals surface area contributed by atoms with Gasteiger partial charge in [-0.15, -0.1) is 0 Å². The maximum absolute atomic E-state index is 11.7. The van der Waals surface area contributed by atoms with Crippen LogP contribution < -0.4 is 5.32 Å². The summed E-state index contributed by atoms with van der Waals surface area (Å²) in [4.78, 5) is 38.5. The van der Waals surface area contributed by atoms with E-state index in [4.69, 9.17) is 9.52 Å². The SMILES string of the molecule is O=C1NC(=O)/C(=C\c2cc3cncc(-c4cccc(C(=O)O)c4)c3o2)S1. The lowest BCUT2D eigenvalue weighted by atomic mass is 10.0. The molecule has 2 amide bonds. The second kappa shape index (κ2) is 6.16. The molecule has 0 radical (unpaired) electrons. The van der Waals surface area contributed by atoms with Gasteiger partial charge in [-0.3, -0.25) is 19.9 Å². The molecule has 128 valence electrons. The van der Waals surface area contributed by atoms with Gasteiger partial charge in [0.05, 0.1) is 10.5 Å². The molecule has 7 nitrogen and oxygen atoms in total. The normalized spacial score (nSPS) is 15.6. The molecule has 2 N–H and O–H groups in total. The maximum Gasteiger partial charge on any atom is 0.335 e. The lowest BCUT2D eigenvalue weighted by Gasteiger charge is -2.03. The van der Waals surface area contributed by atoms with Gasteiger partial charge in [-0.05, 0) is 35.5 Å². The van der Waals surface area contributed by atoms with Crippen molar-refractivity contribution in [1.82, 2.24) is 10.3 Å². The number of carboxylic acids is 1. The van der Waals surface area contributed by atoms with Crippen molar-refractivity contribution in [2.45, 2.75) is 0 Å². The molecule has 0 unspecified atom stereocenters. The number of thioether (sulfide) groups is 1. The number of furan rings is 1. The summed E-state index contributed by atoms with van der Waals surface area (Å²) in [7, 11) is 0. The van der Waals surface area contributed by atoms with Crippen LogP contribution in [0.1, 0.15) is 16.1 Å². The Hall–Kier alpha value is -3.39. The number of carboxylic acid groups (broad SMARTS) is 1. The van der Waals surface area contributed by atoms with Crippen LogP contribution in [-0.4, -0.2) is 27.2 Å². The topological polar surface area (TPSA) is 110 Å². The minimum Gasteiger partial charge on any atom is -0.478 e. The van der Waals surface area contributed by atoms with Crippen molar-refractivity contribution in [2.75, 3.05) is 0 Å². The number of rotatable bonds is 3. The highest BCUT2D eigenvalue weighted by Crippen LogP contribution is 2.33. The lowest BCUT2D eigenvalue weighted by Crippen LogP contribution is -2.17. The first kappa shape index (κ1) is 16.1. The van der Waals surface area contributed by atoms with Crippen LogP contribution in [0.25, 0.3) is 28.2 Å². The Kier molecular flexibility index (Phi) is 3.81. The molecule has 1 saturated heterocycles. The fourth-order valence-corrected chi connectivity index (χ4v) is 3.29. The molecule has 0 atom stereocenters. The fourth-order valence-electron chi connectivity index (χ4n) is 2.63. The monoisotopic (exact) mass is 366 g/mol. The van der Waals surface area contributed by atoms with Gasteiger partial charge < -0.3 is 9.52 Å². The third-order valence-corrected chi connectivity index (χ3v) is 4.59. The van der Waals surface area contributed by atoms with E-state index in [1.807, 2.05) is 0 Å². The molecule has 1 aliphatic heterocycles. The Morgan fingerprint density at radius 2 is 2.08 bits per heavy atom. The van der Waals surface area contributed by atoms with Crippen LogP contribution in [0.4, 0.5) is 4.79 Å². The van der Waals surface area contributed by atoms with Gasteiger partial charge in [0.2, 0.25) is 0 Å². The van der Waals surface area contributed by atoms with Crippen LogP contribution in [0.5, 0.6) is 0 Å². The number of carbonyl (C=O) groups excluding carboxylic acids is 2. The molecule has 0 spiro atoms. The van der Waals surface area contributed by atoms with Gasteiger partial charge in [-0.1, -0.05) is 12.1 Å². The second-order valence-corrected chi connectivity index (χ2v) is 6.51.